The van der Waals surface area contributed by atoms with Crippen molar-refractivity contribution in [2.24, 2.45) is 5.92 Å². The lowest BCUT2D eigenvalue weighted by molar-refractivity contribution is -0.0132. The summed E-state index contributed by atoms with van der Waals surface area (Å²) in [5, 5.41) is 29.6. The fourth-order valence-electron chi connectivity index (χ4n) is 7.64. The molecule has 6 aromatic rings. The summed E-state index contributed by atoms with van der Waals surface area (Å²) in [5.74, 6) is -0.456. The van der Waals surface area contributed by atoms with Crippen molar-refractivity contribution in [3.05, 3.63) is 62.0 Å². The van der Waals surface area contributed by atoms with Gasteiger partial charge < -0.3 is 29.2 Å². The predicted molar refractivity (Wildman–Crippen MR) is 224 cm³/mol. The Morgan fingerprint density at radius 2 is 1.14 bits per heavy atom. The van der Waals surface area contributed by atoms with E-state index in [-0.39, 0.29) is 12.4 Å². The van der Waals surface area contributed by atoms with Gasteiger partial charge in [-0.25, -0.2) is 19.9 Å². The van der Waals surface area contributed by atoms with Gasteiger partial charge in [-0.15, -0.1) is 12.4 Å². The summed E-state index contributed by atoms with van der Waals surface area (Å²) in [4.78, 5) is 18.6. The van der Waals surface area contributed by atoms with Crippen LogP contribution in [0, 0.1) is 17.2 Å². The molecule has 0 amide bonds. The van der Waals surface area contributed by atoms with Crippen LogP contribution in [-0.4, -0.2) is 104 Å². The van der Waals surface area contributed by atoms with Crippen LogP contribution in [0.4, 0.5) is 0 Å². The minimum atomic E-state index is -1.18. The van der Waals surface area contributed by atoms with E-state index in [1.54, 1.807) is 12.7 Å². The number of hydrogen-bond acceptors (Lipinski definition) is 11. The molecule has 0 saturated carbocycles. The van der Waals surface area contributed by atoms with Crippen LogP contribution in [0.1, 0.15) is 0 Å². The molecule has 2 aliphatic rings. The number of nitriles is 1. The Morgan fingerprint density at radius 3 is 1.50 bits per heavy atom. The highest BCUT2D eigenvalue weighted by Crippen LogP contribution is 2.44. The highest BCUT2D eigenvalue weighted by Gasteiger charge is 2.60. The third kappa shape index (κ3) is 7.46. The summed E-state index contributed by atoms with van der Waals surface area (Å²) in [5.41, 5.74) is 3.78. The molecule has 296 valence electrons. The molecule has 6 aromatic heterocycles. The normalized spacial score (nSPS) is 16.5. The standard InChI is InChI=1S/C38H51N13O2Si2.ClH/c1-54(2,3)13-11-52-26-48-9-7-30-33(42-24-44-35(30)48)28-16-46-50(18-28)37(20-40-21-37)32(15-39)38(22-41-23-38)51-19-29(17-47-51)34-31-8-10-49(36(31)45-25-43-34)27-53-12-14-55(4,5)6;/h7-10,16-19,24-25,32,40-41H,11-14,20-23,26-27H2,1-6H3;1H. The van der Waals surface area contributed by atoms with Crippen molar-refractivity contribution in [2.75, 3.05) is 39.4 Å². The highest BCUT2D eigenvalue weighted by atomic mass is 35.5. The molecule has 8 heterocycles. The van der Waals surface area contributed by atoms with Crippen molar-refractivity contribution < 1.29 is 9.47 Å². The van der Waals surface area contributed by atoms with E-state index in [1.165, 1.54) is 0 Å². The van der Waals surface area contributed by atoms with E-state index in [4.69, 9.17) is 29.6 Å². The number of rotatable bonds is 16. The summed E-state index contributed by atoms with van der Waals surface area (Å²) < 4.78 is 20.1. The first-order chi connectivity index (χ1) is 26.4. The van der Waals surface area contributed by atoms with Crippen LogP contribution in [-0.2, 0) is 34.0 Å². The molecule has 18 heteroatoms. The lowest BCUT2D eigenvalue weighted by Gasteiger charge is -2.55. The lowest BCUT2D eigenvalue weighted by atomic mass is 9.66. The predicted octanol–water partition coefficient (Wildman–Crippen LogP) is 5.39. The van der Waals surface area contributed by atoms with Gasteiger partial charge in [-0.3, -0.25) is 9.36 Å². The molecule has 2 saturated heterocycles. The van der Waals surface area contributed by atoms with E-state index in [0.29, 0.717) is 39.6 Å². The lowest BCUT2D eigenvalue weighted by Crippen LogP contribution is -2.75. The topological polar surface area (TPSA) is 163 Å². The zero-order valence-electron chi connectivity index (χ0n) is 33.1. The molecule has 0 atom stereocenters. The quantitative estimate of drug-likeness (QED) is 0.0953. The zero-order chi connectivity index (χ0) is 38.4. The average molecular weight is 815 g/mol. The smallest absolute Gasteiger partial charge is 0.145 e. The third-order valence-electron chi connectivity index (χ3n) is 11.1. The van der Waals surface area contributed by atoms with Crippen molar-refractivity contribution in [1.82, 2.24) is 59.3 Å². The summed E-state index contributed by atoms with van der Waals surface area (Å²) in [6, 6.07) is 9.03. The zero-order valence-corrected chi connectivity index (χ0v) is 35.9. The molecule has 0 aromatic carbocycles. The first-order valence-electron chi connectivity index (χ1n) is 19.1. The SMILES string of the molecule is C[Si](C)(C)CCOCn1ccc2c(-c3cnn(C4(C(C#N)C5(n6cc(-c7ncnc8c7ccn8COCC[Si](C)(C)C)cn6)CNC5)CNC4)c3)ncnc21.Cl. The Bertz CT molecular complexity index is 2180. The van der Waals surface area contributed by atoms with E-state index in [1.807, 2.05) is 67.8 Å². The molecule has 0 unspecified atom stereocenters. The molecule has 0 radical (unpaired) electrons. The maximum absolute atomic E-state index is 11.0. The minimum Gasteiger partial charge on any atom is -0.361 e. The number of halogens is 1. The van der Waals surface area contributed by atoms with Gasteiger partial charge in [0.05, 0.1) is 29.9 Å². The molecule has 0 spiro atoms. The Kier molecular flexibility index (Phi) is 11.1. The van der Waals surface area contributed by atoms with Crippen LogP contribution in [0.5, 0.6) is 0 Å². The molecule has 2 fully saturated rings. The van der Waals surface area contributed by atoms with Gasteiger partial charge in [-0.2, -0.15) is 15.5 Å². The van der Waals surface area contributed by atoms with Gasteiger partial charge >= 0.3 is 0 Å². The third-order valence-corrected chi connectivity index (χ3v) is 14.5. The van der Waals surface area contributed by atoms with Crippen molar-refractivity contribution >= 4 is 50.6 Å². The van der Waals surface area contributed by atoms with Gasteiger partial charge in [-0.1, -0.05) is 39.3 Å². The number of hydrogen-bond donors (Lipinski definition) is 2. The van der Waals surface area contributed by atoms with Crippen LogP contribution >= 0.6 is 12.4 Å². The van der Waals surface area contributed by atoms with Crippen LogP contribution < -0.4 is 10.6 Å². The fourth-order valence-corrected chi connectivity index (χ4v) is 9.15. The maximum Gasteiger partial charge on any atom is 0.145 e. The van der Waals surface area contributed by atoms with Crippen LogP contribution in [0.2, 0.25) is 51.4 Å². The Morgan fingerprint density at radius 1 is 0.714 bits per heavy atom. The van der Waals surface area contributed by atoms with E-state index in [9.17, 15) is 5.26 Å². The maximum atomic E-state index is 11.0. The second-order valence-corrected chi connectivity index (χ2v) is 28.8. The van der Waals surface area contributed by atoms with Crippen molar-refractivity contribution in [1.29, 1.82) is 5.26 Å². The second kappa shape index (κ2) is 15.6. The molecule has 0 bridgehead atoms. The van der Waals surface area contributed by atoms with Gasteiger partial charge in [0.2, 0.25) is 0 Å². The summed E-state index contributed by atoms with van der Waals surface area (Å²) in [7, 11) is -2.36. The molecule has 56 heavy (non-hydrogen) atoms. The van der Waals surface area contributed by atoms with Gasteiger partial charge in [0, 0.05) is 102 Å². The number of fused-ring (bicyclic) bond motifs is 2. The van der Waals surface area contributed by atoms with Gasteiger partial charge in [0.1, 0.15) is 54.4 Å². The molecular weight excluding hydrogens is 762 g/mol. The molecular formula is C38H52ClN13O2Si2. The number of ether oxygens (including phenoxy) is 2. The van der Waals surface area contributed by atoms with Gasteiger partial charge in [0.15, 0.2) is 0 Å². The molecule has 0 aliphatic carbocycles. The van der Waals surface area contributed by atoms with Gasteiger partial charge in [-0.05, 0) is 24.2 Å². The van der Waals surface area contributed by atoms with Crippen molar-refractivity contribution in [3.63, 3.8) is 0 Å². The Labute approximate surface area is 335 Å². The molecule has 2 N–H and O–H groups in total. The largest absolute Gasteiger partial charge is 0.361 e. The summed E-state index contributed by atoms with van der Waals surface area (Å²) >= 11 is 0. The summed E-state index contributed by atoms with van der Waals surface area (Å²) in [6.07, 6.45) is 15.0. The number of nitrogens with one attached hydrogen (secondary N) is 2. The first-order valence-corrected chi connectivity index (χ1v) is 26.5. The fraction of sp³-hybridized carbons (Fsp3) is 0.500. The molecule has 2 aliphatic heterocycles. The minimum absolute atomic E-state index is 0. The molecule has 15 nitrogen and oxygen atoms in total. The highest BCUT2D eigenvalue weighted by molar-refractivity contribution is 6.76. The van der Waals surface area contributed by atoms with E-state index in [0.717, 1.165) is 69.9 Å². The summed E-state index contributed by atoms with van der Waals surface area (Å²) in [6.45, 7) is 18.9. The monoisotopic (exact) mass is 813 g/mol. The van der Waals surface area contributed by atoms with Crippen LogP contribution in [0.25, 0.3) is 44.6 Å². The van der Waals surface area contributed by atoms with Crippen LogP contribution in [0.3, 0.4) is 0 Å². The van der Waals surface area contributed by atoms with E-state index < -0.39 is 33.1 Å². The van der Waals surface area contributed by atoms with Crippen molar-refractivity contribution in [3.8, 4) is 28.6 Å². The molecule has 8 rings (SSSR count). The average Bonchev–Trinajstić information content (AvgIpc) is 3.93. The number of nitrogens with zero attached hydrogens (tertiary/aromatic N) is 11. The Balaban J connectivity index is 0.00000480. The Hall–Kier alpha value is -4.29. The van der Waals surface area contributed by atoms with Crippen LogP contribution in [0.15, 0.2) is 62.0 Å². The van der Waals surface area contributed by atoms with Crippen molar-refractivity contribution in [2.45, 2.75) is 75.9 Å². The van der Waals surface area contributed by atoms with E-state index in [2.05, 4.69) is 66.0 Å². The second-order valence-electron chi connectivity index (χ2n) is 17.5. The number of aromatic nitrogens is 10. The van der Waals surface area contributed by atoms with Gasteiger partial charge in [0.25, 0.3) is 0 Å². The van der Waals surface area contributed by atoms with E-state index >= 15 is 0 Å². The first kappa shape index (κ1) is 39.9.